The summed E-state index contributed by atoms with van der Waals surface area (Å²) in [5, 5.41) is 0. The Hall–Kier alpha value is -2.44. The largest absolute Gasteiger partial charge is 0.416 e. The molecule has 0 fully saturated rings. The van der Waals surface area contributed by atoms with Crippen LogP contribution >= 0.6 is 0 Å². The summed E-state index contributed by atoms with van der Waals surface area (Å²) in [5.41, 5.74) is 4.68. The molecule has 0 bridgehead atoms. The Bertz CT molecular complexity index is 608. The molecule has 0 saturated heterocycles. The number of alkyl halides is 3. The number of amides is 1. The number of nitrogens with zero attached hydrogens (tertiary/aromatic N) is 2. The normalized spacial score (nSPS) is 11.3. The van der Waals surface area contributed by atoms with Gasteiger partial charge in [0.05, 0.1) is 5.56 Å². The number of rotatable bonds is 2. The third kappa shape index (κ3) is 2.87. The fourth-order valence-electron chi connectivity index (χ4n) is 1.44. The van der Waals surface area contributed by atoms with Crippen molar-refractivity contribution in [2.24, 2.45) is 5.73 Å². The molecule has 2 aromatic rings. The van der Waals surface area contributed by atoms with Crippen LogP contribution in [0.1, 0.15) is 16.1 Å². The lowest BCUT2D eigenvalue weighted by Crippen LogP contribution is -2.13. The van der Waals surface area contributed by atoms with E-state index in [9.17, 15) is 18.0 Å². The molecule has 7 heteroatoms. The molecule has 98 valence electrons. The van der Waals surface area contributed by atoms with E-state index < -0.39 is 17.6 Å². The van der Waals surface area contributed by atoms with Crippen LogP contribution in [0, 0.1) is 0 Å². The Kier molecular flexibility index (Phi) is 3.20. The second kappa shape index (κ2) is 4.68. The summed E-state index contributed by atoms with van der Waals surface area (Å²) in [4.78, 5) is 18.7. The van der Waals surface area contributed by atoms with Crippen LogP contribution in [-0.4, -0.2) is 15.9 Å². The van der Waals surface area contributed by atoms with E-state index in [1.54, 1.807) is 0 Å². The number of primary amides is 1. The molecule has 0 atom stereocenters. The van der Waals surface area contributed by atoms with Gasteiger partial charge in [0, 0.05) is 11.8 Å². The van der Waals surface area contributed by atoms with Crippen molar-refractivity contribution >= 4 is 5.91 Å². The highest BCUT2D eigenvalue weighted by Crippen LogP contribution is 2.30. The van der Waals surface area contributed by atoms with Crippen molar-refractivity contribution in [3.05, 3.63) is 47.8 Å². The lowest BCUT2D eigenvalue weighted by atomic mass is 10.1. The summed E-state index contributed by atoms with van der Waals surface area (Å²) in [6.07, 6.45) is -3.07. The topological polar surface area (TPSA) is 68.9 Å². The quantitative estimate of drug-likeness (QED) is 0.907. The molecule has 1 amide bonds. The number of aromatic nitrogens is 2. The van der Waals surface area contributed by atoms with Gasteiger partial charge in [-0.25, -0.2) is 9.97 Å². The first kappa shape index (κ1) is 13.0. The van der Waals surface area contributed by atoms with Crippen LogP contribution in [0.3, 0.4) is 0 Å². The van der Waals surface area contributed by atoms with Crippen molar-refractivity contribution in [1.82, 2.24) is 9.97 Å². The molecular weight excluding hydrogens is 259 g/mol. The van der Waals surface area contributed by atoms with Gasteiger partial charge < -0.3 is 5.73 Å². The van der Waals surface area contributed by atoms with Crippen molar-refractivity contribution in [1.29, 1.82) is 0 Å². The molecular formula is C12H8F3N3O. The number of nitrogens with two attached hydrogens (primary N) is 1. The molecule has 0 aliphatic rings. The van der Waals surface area contributed by atoms with Crippen LogP contribution in [0.5, 0.6) is 0 Å². The summed E-state index contributed by atoms with van der Waals surface area (Å²) in [6, 6.07) is 5.66. The zero-order valence-electron chi connectivity index (χ0n) is 9.48. The average molecular weight is 267 g/mol. The smallest absolute Gasteiger partial charge is 0.364 e. The lowest BCUT2D eigenvalue weighted by molar-refractivity contribution is -0.137. The maximum Gasteiger partial charge on any atom is 0.416 e. The summed E-state index contributed by atoms with van der Waals surface area (Å²) < 4.78 is 37.2. The fourth-order valence-corrected chi connectivity index (χ4v) is 1.44. The maximum absolute atomic E-state index is 12.4. The molecule has 0 spiro atoms. The van der Waals surface area contributed by atoms with Gasteiger partial charge >= 0.3 is 6.18 Å². The minimum Gasteiger partial charge on any atom is -0.364 e. The zero-order valence-corrected chi connectivity index (χ0v) is 9.48. The van der Waals surface area contributed by atoms with Crippen molar-refractivity contribution < 1.29 is 18.0 Å². The Labute approximate surface area is 106 Å². The molecule has 2 rings (SSSR count). The van der Waals surface area contributed by atoms with Gasteiger partial charge in [-0.3, -0.25) is 4.79 Å². The van der Waals surface area contributed by atoms with E-state index in [-0.39, 0.29) is 11.5 Å². The summed E-state index contributed by atoms with van der Waals surface area (Å²) >= 11 is 0. The number of hydrogen-bond acceptors (Lipinski definition) is 3. The van der Waals surface area contributed by atoms with E-state index in [0.717, 1.165) is 12.1 Å². The third-order valence-corrected chi connectivity index (χ3v) is 2.38. The molecule has 0 saturated carbocycles. The van der Waals surface area contributed by atoms with Crippen LogP contribution in [0.25, 0.3) is 11.4 Å². The van der Waals surface area contributed by atoms with Crippen LogP contribution in [0.4, 0.5) is 13.2 Å². The van der Waals surface area contributed by atoms with E-state index in [0.29, 0.717) is 5.56 Å². The van der Waals surface area contributed by atoms with E-state index in [2.05, 4.69) is 9.97 Å². The average Bonchev–Trinajstić information content (AvgIpc) is 2.38. The van der Waals surface area contributed by atoms with Gasteiger partial charge in [0.25, 0.3) is 5.91 Å². The van der Waals surface area contributed by atoms with Crippen molar-refractivity contribution in [2.45, 2.75) is 6.18 Å². The van der Waals surface area contributed by atoms with Crippen molar-refractivity contribution in [3.8, 4) is 11.4 Å². The molecule has 0 aliphatic carbocycles. The van der Waals surface area contributed by atoms with Gasteiger partial charge in [-0.2, -0.15) is 13.2 Å². The first-order chi connectivity index (χ1) is 8.88. The number of halogens is 3. The molecule has 19 heavy (non-hydrogen) atoms. The molecule has 1 heterocycles. The van der Waals surface area contributed by atoms with E-state index in [1.807, 2.05) is 0 Å². The summed E-state index contributed by atoms with van der Waals surface area (Å²) in [5.74, 6) is -0.583. The minimum absolute atomic E-state index is 0.00454. The van der Waals surface area contributed by atoms with Gasteiger partial charge in [-0.15, -0.1) is 0 Å². The predicted molar refractivity (Wildman–Crippen MR) is 61.0 cm³/mol. The summed E-state index contributed by atoms with van der Waals surface area (Å²) in [7, 11) is 0. The van der Waals surface area contributed by atoms with Gasteiger partial charge in [0.1, 0.15) is 5.69 Å². The highest BCUT2D eigenvalue weighted by Gasteiger charge is 2.30. The molecule has 2 N–H and O–H groups in total. The minimum atomic E-state index is -4.39. The standard InChI is InChI=1S/C12H8F3N3O/c13-12(14,15)8-3-1-7(2-4-8)11-17-6-5-9(18-11)10(16)19/h1-6H,(H2,16,19). The number of carbonyl (C=O) groups is 1. The van der Waals surface area contributed by atoms with Gasteiger partial charge in [-0.1, -0.05) is 12.1 Å². The Morgan fingerprint density at radius 2 is 1.74 bits per heavy atom. The zero-order chi connectivity index (χ0) is 14.0. The first-order valence-corrected chi connectivity index (χ1v) is 5.18. The third-order valence-electron chi connectivity index (χ3n) is 2.38. The molecule has 4 nitrogen and oxygen atoms in total. The van der Waals surface area contributed by atoms with Crippen LogP contribution in [-0.2, 0) is 6.18 Å². The highest BCUT2D eigenvalue weighted by molar-refractivity contribution is 5.91. The van der Waals surface area contributed by atoms with Crippen molar-refractivity contribution in [3.63, 3.8) is 0 Å². The maximum atomic E-state index is 12.4. The number of hydrogen-bond donors (Lipinski definition) is 1. The Morgan fingerprint density at radius 1 is 1.11 bits per heavy atom. The molecule has 1 aromatic heterocycles. The molecule has 0 radical (unpaired) electrons. The van der Waals surface area contributed by atoms with Crippen LogP contribution in [0.2, 0.25) is 0 Å². The van der Waals surface area contributed by atoms with E-state index in [1.165, 1.54) is 24.4 Å². The number of carbonyl (C=O) groups excluding carboxylic acids is 1. The van der Waals surface area contributed by atoms with Crippen LogP contribution in [0.15, 0.2) is 36.5 Å². The second-order valence-corrected chi connectivity index (χ2v) is 3.70. The number of benzene rings is 1. The molecule has 0 unspecified atom stereocenters. The van der Waals surface area contributed by atoms with Gasteiger partial charge in [-0.05, 0) is 18.2 Å². The molecule has 0 aliphatic heterocycles. The predicted octanol–water partition coefficient (Wildman–Crippen LogP) is 2.26. The second-order valence-electron chi connectivity index (χ2n) is 3.70. The fraction of sp³-hybridized carbons (Fsp3) is 0.0833. The highest BCUT2D eigenvalue weighted by atomic mass is 19.4. The molecule has 1 aromatic carbocycles. The van der Waals surface area contributed by atoms with Crippen molar-refractivity contribution in [2.75, 3.05) is 0 Å². The van der Waals surface area contributed by atoms with Gasteiger partial charge in [0.2, 0.25) is 0 Å². The Balaban J connectivity index is 2.37. The Morgan fingerprint density at radius 3 is 2.26 bits per heavy atom. The lowest BCUT2D eigenvalue weighted by Gasteiger charge is -2.07. The first-order valence-electron chi connectivity index (χ1n) is 5.18. The van der Waals surface area contributed by atoms with Crippen LogP contribution < -0.4 is 5.73 Å². The van der Waals surface area contributed by atoms with E-state index in [4.69, 9.17) is 5.73 Å². The van der Waals surface area contributed by atoms with E-state index >= 15 is 0 Å². The monoisotopic (exact) mass is 267 g/mol. The van der Waals surface area contributed by atoms with Gasteiger partial charge in [0.15, 0.2) is 5.82 Å². The summed E-state index contributed by atoms with van der Waals surface area (Å²) in [6.45, 7) is 0. The SMILES string of the molecule is NC(=O)c1ccnc(-c2ccc(C(F)(F)F)cc2)n1.